The zero-order valence-electron chi connectivity index (χ0n) is 13.5. The topological polar surface area (TPSA) is 104 Å². The molecule has 0 saturated heterocycles. The zero-order chi connectivity index (χ0) is 18.9. The Balaban J connectivity index is 1.89. The number of aromatic nitrogens is 4. The molecule has 26 heavy (non-hydrogen) atoms. The number of nitrogens with zero attached hydrogens (tertiary/aromatic N) is 4. The van der Waals surface area contributed by atoms with Gasteiger partial charge in [-0.3, -0.25) is 4.98 Å². The van der Waals surface area contributed by atoms with Gasteiger partial charge >= 0.3 is 6.18 Å². The number of fused-ring (bicyclic) bond motifs is 1. The summed E-state index contributed by atoms with van der Waals surface area (Å²) < 4.78 is 38.1. The lowest BCUT2D eigenvalue weighted by molar-refractivity contribution is -0.127. The average molecular weight is 378 g/mol. The summed E-state index contributed by atoms with van der Waals surface area (Å²) in [5.41, 5.74) is 7.08. The number of rotatable bonds is 4. The van der Waals surface area contributed by atoms with Gasteiger partial charge in [0.05, 0.1) is 29.1 Å². The van der Waals surface area contributed by atoms with Gasteiger partial charge in [-0.05, 0) is 18.6 Å². The van der Waals surface area contributed by atoms with Crippen molar-refractivity contribution >= 4 is 28.5 Å². The van der Waals surface area contributed by atoms with E-state index in [-0.39, 0.29) is 22.3 Å². The van der Waals surface area contributed by atoms with E-state index in [1.807, 2.05) is 13.0 Å². The monoisotopic (exact) mass is 378 g/mol. The summed E-state index contributed by atoms with van der Waals surface area (Å²) in [6, 6.07) is 4.89. The molecule has 0 bridgehead atoms. The molecule has 0 saturated carbocycles. The molecular formula is C16H13F3N6S. The summed E-state index contributed by atoms with van der Waals surface area (Å²) >= 11 is 1.22. The molecule has 0 aromatic carbocycles. The third kappa shape index (κ3) is 4.05. The van der Waals surface area contributed by atoms with Gasteiger partial charge in [-0.2, -0.15) is 18.4 Å². The van der Waals surface area contributed by atoms with Crippen LogP contribution in [0, 0.1) is 11.3 Å². The van der Waals surface area contributed by atoms with Gasteiger partial charge in [-0.25, -0.2) is 9.97 Å². The van der Waals surface area contributed by atoms with Crippen LogP contribution < -0.4 is 5.73 Å². The highest BCUT2D eigenvalue weighted by Crippen LogP contribution is 2.34. The molecule has 3 N–H and O–H groups in total. The minimum Gasteiger partial charge on any atom is -0.384 e. The van der Waals surface area contributed by atoms with Crippen LogP contribution in [0.5, 0.6) is 0 Å². The summed E-state index contributed by atoms with van der Waals surface area (Å²) in [4.78, 5) is 15.2. The Labute approximate surface area is 150 Å². The molecule has 0 aliphatic heterocycles. The van der Waals surface area contributed by atoms with E-state index in [0.29, 0.717) is 21.8 Å². The van der Waals surface area contributed by atoms with Crippen molar-refractivity contribution in [2.24, 2.45) is 0 Å². The minimum atomic E-state index is -4.29. The first-order valence-electron chi connectivity index (χ1n) is 7.49. The smallest absolute Gasteiger partial charge is 0.384 e. The lowest BCUT2D eigenvalue weighted by Crippen LogP contribution is -2.11. The molecule has 3 rings (SSSR count). The molecule has 0 radical (unpaired) electrons. The third-order valence-electron chi connectivity index (χ3n) is 3.60. The Morgan fingerprint density at radius 2 is 2.12 bits per heavy atom. The standard InChI is InChI=1S/C16H13F3N6S/c1-8(26-15-24-10(5-20)2-14(21)25-15)12-3-11-9(4-16(17,18)19)6-22-13(11)7-23-12/h2-3,6-8,22H,4H2,1H3,(H2,21,24,25). The van der Waals surface area contributed by atoms with Crippen LogP contribution in [0.15, 0.2) is 29.7 Å². The first-order chi connectivity index (χ1) is 12.2. The van der Waals surface area contributed by atoms with Gasteiger partial charge in [-0.15, -0.1) is 0 Å². The van der Waals surface area contributed by atoms with E-state index in [1.54, 1.807) is 6.07 Å². The quantitative estimate of drug-likeness (QED) is 0.529. The van der Waals surface area contributed by atoms with Gasteiger partial charge < -0.3 is 10.7 Å². The van der Waals surface area contributed by atoms with Crippen LogP contribution in [0.2, 0.25) is 0 Å². The van der Waals surface area contributed by atoms with Crippen molar-refractivity contribution in [3.8, 4) is 6.07 Å². The van der Waals surface area contributed by atoms with E-state index < -0.39 is 12.6 Å². The molecule has 0 aliphatic rings. The van der Waals surface area contributed by atoms with Crippen molar-refractivity contribution in [1.82, 2.24) is 19.9 Å². The number of alkyl halides is 3. The summed E-state index contributed by atoms with van der Waals surface area (Å²) in [5.74, 6) is 0.174. The highest BCUT2D eigenvalue weighted by molar-refractivity contribution is 7.99. The highest BCUT2D eigenvalue weighted by atomic mass is 32.2. The number of aromatic amines is 1. The Hall–Kier alpha value is -2.80. The van der Waals surface area contributed by atoms with Crippen LogP contribution in [0.4, 0.5) is 19.0 Å². The van der Waals surface area contributed by atoms with Crippen molar-refractivity contribution in [2.45, 2.75) is 29.9 Å². The number of hydrogen-bond acceptors (Lipinski definition) is 6. The Bertz CT molecular complexity index is 992. The zero-order valence-corrected chi connectivity index (χ0v) is 14.3. The average Bonchev–Trinajstić information content (AvgIpc) is 2.94. The fraction of sp³-hybridized carbons (Fsp3) is 0.250. The Morgan fingerprint density at radius 3 is 2.81 bits per heavy atom. The fourth-order valence-electron chi connectivity index (χ4n) is 2.45. The van der Waals surface area contributed by atoms with Crippen molar-refractivity contribution in [3.63, 3.8) is 0 Å². The Kier molecular flexibility index (Phi) is 4.73. The molecule has 0 spiro atoms. The molecule has 1 atom stereocenters. The molecule has 6 nitrogen and oxygen atoms in total. The molecule has 10 heteroatoms. The summed E-state index contributed by atoms with van der Waals surface area (Å²) in [6.45, 7) is 1.83. The van der Waals surface area contributed by atoms with Gasteiger partial charge in [0.15, 0.2) is 5.16 Å². The van der Waals surface area contributed by atoms with Gasteiger partial charge in [-0.1, -0.05) is 11.8 Å². The molecule has 134 valence electrons. The summed E-state index contributed by atoms with van der Waals surface area (Å²) in [7, 11) is 0. The number of nitriles is 1. The van der Waals surface area contributed by atoms with Crippen LogP contribution >= 0.6 is 11.8 Å². The second kappa shape index (κ2) is 6.84. The van der Waals surface area contributed by atoms with Crippen LogP contribution in [-0.4, -0.2) is 26.1 Å². The molecule has 3 heterocycles. The SMILES string of the molecule is CC(Sc1nc(N)cc(C#N)n1)c1cc2c(CC(F)(F)F)c[nH]c2cn1. The summed E-state index contributed by atoms with van der Waals surface area (Å²) in [6.07, 6.45) is -2.45. The van der Waals surface area contributed by atoms with E-state index in [1.165, 1.54) is 30.2 Å². The van der Waals surface area contributed by atoms with Gasteiger partial charge in [0.1, 0.15) is 17.6 Å². The van der Waals surface area contributed by atoms with Crippen LogP contribution in [-0.2, 0) is 6.42 Å². The molecule has 0 fully saturated rings. The van der Waals surface area contributed by atoms with Crippen LogP contribution in [0.25, 0.3) is 10.9 Å². The lowest BCUT2D eigenvalue weighted by atomic mass is 10.1. The van der Waals surface area contributed by atoms with E-state index in [0.717, 1.165) is 0 Å². The normalized spacial score (nSPS) is 12.9. The number of halogens is 3. The molecule has 3 aromatic heterocycles. The predicted molar refractivity (Wildman–Crippen MR) is 91.3 cm³/mol. The number of H-pyrrole nitrogens is 1. The second-order valence-corrected chi connectivity index (χ2v) is 6.90. The number of nitrogen functional groups attached to an aromatic ring is 1. The maximum Gasteiger partial charge on any atom is 0.393 e. The van der Waals surface area contributed by atoms with Crippen molar-refractivity contribution in [3.05, 3.63) is 41.5 Å². The molecular weight excluding hydrogens is 365 g/mol. The maximum atomic E-state index is 12.7. The summed E-state index contributed by atoms with van der Waals surface area (Å²) in [5, 5.41) is 9.48. The number of hydrogen-bond donors (Lipinski definition) is 2. The van der Waals surface area contributed by atoms with Crippen LogP contribution in [0.3, 0.4) is 0 Å². The second-order valence-electron chi connectivity index (χ2n) is 5.59. The lowest BCUT2D eigenvalue weighted by Gasteiger charge is -2.11. The van der Waals surface area contributed by atoms with E-state index in [9.17, 15) is 13.2 Å². The van der Waals surface area contributed by atoms with Gasteiger partial charge in [0.2, 0.25) is 0 Å². The fourth-order valence-corrected chi connectivity index (χ4v) is 3.33. The highest BCUT2D eigenvalue weighted by Gasteiger charge is 2.29. The number of thioether (sulfide) groups is 1. The third-order valence-corrected chi connectivity index (χ3v) is 4.59. The van der Waals surface area contributed by atoms with Gasteiger partial charge in [0.25, 0.3) is 0 Å². The van der Waals surface area contributed by atoms with E-state index in [2.05, 4.69) is 19.9 Å². The molecule has 3 aromatic rings. The molecule has 1 unspecified atom stereocenters. The molecule has 0 amide bonds. The van der Waals surface area contributed by atoms with E-state index in [4.69, 9.17) is 11.0 Å². The predicted octanol–water partition coefficient (Wildman–Crippen LogP) is 3.76. The maximum absolute atomic E-state index is 12.7. The molecule has 0 aliphatic carbocycles. The largest absolute Gasteiger partial charge is 0.393 e. The van der Waals surface area contributed by atoms with E-state index >= 15 is 0 Å². The van der Waals surface area contributed by atoms with Crippen molar-refractivity contribution < 1.29 is 13.2 Å². The van der Waals surface area contributed by atoms with Crippen molar-refractivity contribution in [2.75, 3.05) is 5.73 Å². The number of anilines is 1. The minimum absolute atomic E-state index is 0.147. The first kappa shape index (κ1) is 18.0. The van der Waals surface area contributed by atoms with Crippen LogP contribution in [0.1, 0.15) is 29.1 Å². The van der Waals surface area contributed by atoms with Crippen molar-refractivity contribution in [1.29, 1.82) is 5.26 Å². The Morgan fingerprint density at radius 1 is 1.35 bits per heavy atom. The number of pyridine rings is 1. The number of nitrogens with one attached hydrogen (secondary N) is 1. The number of nitrogens with two attached hydrogens (primary N) is 1. The van der Waals surface area contributed by atoms with Gasteiger partial charge in [0, 0.05) is 17.6 Å². The first-order valence-corrected chi connectivity index (χ1v) is 8.37.